The molecule has 0 amide bonds. The van der Waals surface area contributed by atoms with E-state index in [9.17, 15) is 0 Å². The summed E-state index contributed by atoms with van der Waals surface area (Å²) in [5.41, 5.74) is 7.22. The Morgan fingerprint density at radius 1 is 1.38 bits per heavy atom. The van der Waals surface area contributed by atoms with E-state index in [1.165, 1.54) is 19.3 Å². The van der Waals surface area contributed by atoms with Gasteiger partial charge in [-0.1, -0.05) is 31.0 Å². The van der Waals surface area contributed by atoms with Crippen molar-refractivity contribution in [3.63, 3.8) is 0 Å². The minimum absolute atomic E-state index is 0.0419. The van der Waals surface area contributed by atoms with Gasteiger partial charge in [0.1, 0.15) is 5.75 Å². The van der Waals surface area contributed by atoms with E-state index < -0.39 is 0 Å². The van der Waals surface area contributed by atoms with Gasteiger partial charge in [0.15, 0.2) is 5.84 Å². The van der Waals surface area contributed by atoms with Crippen LogP contribution in [0.1, 0.15) is 43.7 Å². The Hall–Kier alpha value is -1.75. The molecule has 5 nitrogen and oxygen atoms in total. The lowest BCUT2D eigenvalue weighted by Crippen LogP contribution is -2.25. The maximum Gasteiger partial charge on any atom is 0.173 e. The highest BCUT2D eigenvalue weighted by Crippen LogP contribution is 2.28. The summed E-state index contributed by atoms with van der Waals surface area (Å²) in [7, 11) is 1.57. The van der Waals surface area contributed by atoms with Crippen molar-refractivity contribution in [2.75, 3.05) is 7.11 Å². The van der Waals surface area contributed by atoms with E-state index in [2.05, 4.69) is 12.1 Å². The van der Waals surface area contributed by atoms with Crippen molar-refractivity contribution in [2.24, 2.45) is 16.8 Å². The van der Waals surface area contributed by atoms with E-state index in [1.54, 1.807) is 13.2 Å². The molecule has 0 spiro atoms. The van der Waals surface area contributed by atoms with Crippen LogP contribution in [0.2, 0.25) is 0 Å². The minimum atomic E-state index is 0.0419. The topological polar surface area (TPSA) is 77.1 Å². The van der Waals surface area contributed by atoms with Gasteiger partial charge >= 0.3 is 0 Å². The largest absolute Gasteiger partial charge is 0.496 e. The molecule has 5 heteroatoms. The second kappa shape index (κ2) is 7.31. The summed E-state index contributed by atoms with van der Waals surface area (Å²) in [6.07, 6.45) is 5.29. The Morgan fingerprint density at radius 3 is 2.81 bits per heavy atom. The van der Waals surface area contributed by atoms with Gasteiger partial charge in [0, 0.05) is 0 Å². The van der Waals surface area contributed by atoms with E-state index >= 15 is 0 Å². The maximum atomic E-state index is 8.76. The molecular formula is C16H24N2O3. The van der Waals surface area contributed by atoms with Crippen molar-refractivity contribution in [1.29, 1.82) is 0 Å². The monoisotopic (exact) mass is 292 g/mol. The van der Waals surface area contributed by atoms with Crippen molar-refractivity contribution in [3.05, 3.63) is 29.3 Å². The molecule has 0 radical (unpaired) electrons. The number of benzene rings is 1. The highest BCUT2D eigenvalue weighted by molar-refractivity contribution is 5.99. The zero-order chi connectivity index (χ0) is 15.2. The standard InChI is InChI=1S/C16H24N2O3/c1-11-5-3-4-6-14(11)21-10-12-7-8-13(16(17)18-19)15(9-12)20-2/h7-9,11,14,19H,3-6,10H2,1-2H3,(H2,17,18). The summed E-state index contributed by atoms with van der Waals surface area (Å²) >= 11 is 0. The third kappa shape index (κ3) is 3.88. The molecule has 1 aliphatic rings. The lowest BCUT2D eigenvalue weighted by molar-refractivity contribution is -0.0155. The number of hydrogen-bond donors (Lipinski definition) is 2. The van der Waals surface area contributed by atoms with E-state index in [1.807, 2.05) is 12.1 Å². The van der Waals surface area contributed by atoms with E-state index in [0.717, 1.165) is 12.0 Å². The van der Waals surface area contributed by atoms with Crippen LogP contribution in [0.3, 0.4) is 0 Å². The fourth-order valence-corrected chi connectivity index (χ4v) is 2.82. The average molecular weight is 292 g/mol. The molecule has 0 bridgehead atoms. The number of ether oxygens (including phenoxy) is 2. The second-order valence-electron chi connectivity index (χ2n) is 5.63. The zero-order valence-electron chi connectivity index (χ0n) is 12.7. The predicted octanol–water partition coefficient (Wildman–Crippen LogP) is 2.88. The highest BCUT2D eigenvalue weighted by atomic mass is 16.5. The number of oxime groups is 1. The number of nitrogens with two attached hydrogens (primary N) is 1. The van der Waals surface area contributed by atoms with Gasteiger partial charge in [0.2, 0.25) is 0 Å². The van der Waals surface area contributed by atoms with E-state index in [-0.39, 0.29) is 5.84 Å². The van der Waals surface area contributed by atoms with Crippen LogP contribution >= 0.6 is 0 Å². The number of amidine groups is 1. The first-order valence-electron chi connectivity index (χ1n) is 7.42. The van der Waals surface area contributed by atoms with Crippen LogP contribution in [-0.2, 0) is 11.3 Å². The van der Waals surface area contributed by atoms with Gasteiger partial charge in [-0.3, -0.25) is 0 Å². The zero-order valence-corrected chi connectivity index (χ0v) is 12.7. The van der Waals surface area contributed by atoms with Crippen molar-refractivity contribution < 1.29 is 14.7 Å². The molecule has 1 aromatic carbocycles. The number of rotatable bonds is 5. The molecule has 2 unspecified atom stereocenters. The van der Waals surface area contributed by atoms with Crippen LogP contribution in [0, 0.1) is 5.92 Å². The molecule has 2 atom stereocenters. The van der Waals surface area contributed by atoms with E-state index in [0.29, 0.717) is 29.9 Å². The smallest absolute Gasteiger partial charge is 0.173 e. The Kier molecular flexibility index (Phi) is 5.44. The molecule has 3 N–H and O–H groups in total. The van der Waals surface area contributed by atoms with Gasteiger partial charge in [-0.2, -0.15) is 0 Å². The van der Waals surface area contributed by atoms with Crippen molar-refractivity contribution in [3.8, 4) is 5.75 Å². The first-order valence-corrected chi connectivity index (χ1v) is 7.42. The van der Waals surface area contributed by atoms with Gasteiger partial charge in [0.05, 0.1) is 25.4 Å². The Labute approximate surface area is 125 Å². The Balaban J connectivity index is 2.04. The number of hydrogen-bond acceptors (Lipinski definition) is 4. The van der Waals surface area contributed by atoms with Crippen molar-refractivity contribution >= 4 is 5.84 Å². The third-order valence-corrected chi connectivity index (χ3v) is 4.15. The van der Waals surface area contributed by atoms with Crippen LogP contribution in [0.5, 0.6) is 5.75 Å². The molecule has 1 fully saturated rings. The first-order chi connectivity index (χ1) is 10.2. The normalized spacial score (nSPS) is 23.0. The summed E-state index contributed by atoms with van der Waals surface area (Å²) in [4.78, 5) is 0. The van der Waals surface area contributed by atoms with Gasteiger partial charge in [-0.15, -0.1) is 0 Å². The maximum absolute atomic E-state index is 8.76. The molecule has 0 aromatic heterocycles. The average Bonchev–Trinajstić information content (AvgIpc) is 2.53. The van der Waals surface area contributed by atoms with Gasteiger partial charge < -0.3 is 20.4 Å². The SMILES string of the molecule is COc1cc(COC2CCCCC2C)ccc1/C(N)=N/O. The first kappa shape index (κ1) is 15.6. The summed E-state index contributed by atoms with van der Waals surface area (Å²) in [6.45, 7) is 2.81. The lowest BCUT2D eigenvalue weighted by atomic mass is 9.88. The summed E-state index contributed by atoms with van der Waals surface area (Å²) in [5, 5.41) is 11.8. The van der Waals surface area contributed by atoms with Crippen molar-refractivity contribution in [1.82, 2.24) is 0 Å². The van der Waals surface area contributed by atoms with Gasteiger partial charge in [-0.05, 0) is 36.5 Å². The molecule has 116 valence electrons. The quantitative estimate of drug-likeness (QED) is 0.378. The second-order valence-corrected chi connectivity index (χ2v) is 5.63. The lowest BCUT2D eigenvalue weighted by Gasteiger charge is -2.28. The molecule has 0 saturated heterocycles. The van der Waals surface area contributed by atoms with E-state index in [4.69, 9.17) is 20.4 Å². The molecule has 1 saturated carbocycles. The van der Waals surface area contributed by atoms with Crippen LogP contribution in [0.4, 0.5) is 0 Å². The van der Waals surface area contributed by atoms with Crippen LogP contribution in [-0.4, -0.2) is 24.3 Å². The Morgan fingerprint density at radius 2 is 2.14 bits per heavy atom. The molecular weight excluding hydrogens is 268 g/mol. The third-order valence-electron chi connectivity index (χ3n) is 4.15. The van der Waals surface area contributed by atoms with Gasteiger partial charge in [0.25, 0.3) is 0 Å². The van der Waals surface area contributed by atoms with Crippen LogP contribution in [0.15, 0.2) is 23.4 Å². The van der Waals surface area contributed by atoms with Crippen LogP contribution < -0.4 is 10.5 Å². The Bertz CT molecular complexity index is 502. The number of nitrogens with zero attached hydrogens (tertiary/aromatic N) is 1. The summed E-state index contributed by atoms with van der Waals surface area (Å²) < 4.78 is 11.3. The summed E-state index contributed by atoms with van der Waals surface area (Å²) in [6, 6.07) is 5.58. The van der Waals surface area contributed by atoms with Crippen LogP contribution in [0.25, 0.3) is 0 Å². The fourth-order valence-electron chi connectivity index (χ4n) is 2.82. The van der Waals surface area contributed by atoms with Crippen molar-refractivity contribution in [2.45, 2.75) is 45.3 Å². The summed E-state index contributed by atoms with van der Waals surface area (Å²) in [5.74, 6) is 1.25. The predicted molar refractivity (Wildman–Crippen MR) is 81.7 cm³/mol. The molecule has 1 aromatic rings. The molecule has 2 rings (SSSR count). The van der Waals surface area contributed by atoms with Gasteiger partial charge in [-0.25, -0.2) is 0 Å². The molecule has 1 aliphatic carbocycles. The highest BCUT2D eigenvalue weighted by Gasteiger charge is 2.21. The molecule has 21 heavy (non-hydrogen) atoms. The fraction of sp³-hybridized carbons (Fsp3) is 0.562. The molecule has 0 heterocycles. The molecule has 0 aliphatic heterocycles. The number of methoxy groups -OCH3 is 1. The minimum Gasteiger partial charge on any atom is -0.496 e.